The van der Waals surface area contributed by atoms with Crippen molar-refractivity contribution < 1.29 is 13.9 Å². The molecular weight excluding hydrogens is 357 g/mol. The van der Waals surface area contributed by atoms with Crippen LogP contribution in [0.5, 0.6) is 11.8 Å². The first-order valence-electron chi connectivity index (χ1n) is 10.00. The first kappa shape index (κ1) is 20.5. The highest BCUT2D eigenvalue weighted by atomic mass is 19.1. The fraction of sp³-hybridized carbons (Fsp3) is 0.545. The summed E-state index contributed by atoms with van der Waals surface area (Å²) in [6.07, 6.45) is 4.77. The zero-order valence-corrected chi connectivity index (χ0v) is 17.0. The largest absolute Gasteiger partial charge is 0.490 e. The zero-order chi connectivity index (χ0) is 20.0. The van der Waals surface area contributed by atoms with E-state index in [0.717, 1.165) is 44.6 Å². The minimum Gasteiger partial charge on any atom is -0.490 e. The first-order valence-corrected chi connectivity index (χ1v) is 10.00. The van der Waals surface area contributed by atoms with Gasteiger partial charge in [-0.2, -0.15) is 0 Å². The molecule has 1 saturated heterocycles. The lowest BCUT2D eigenvalue weighted by atomic mass is 9.97. The Morgan fingerprint density at radius 1 is 1.14 bits per heavy atom. The summed E-state index contributed by atoms with van der Waals surface area (Å²) in [4.78, 5) is 11.2. The smallest absolute Gasteiger partial charge is 0.317 e. The monoisotopic (exact) mass is 387 g/mol. The first-order chi connectivity index (χ1) is 13.4. The number of hydrogen-bond donors (Lipinski definition) is 0. The molecule has 28 heavy (non-hydrogen) atoms. The van der Waals surface area contributed by atoms with Crippen molar-refractivity contribution in [2.75, 3.05) is 26.2 Å². The molecule has 0 spiro atoms. The molecule has 0 bridgehead atoms. The fourth-order valence-electron chi connectivity index (χ4n) is 3.26. The van der Waals surface area contributed by atoms with Crippen molar-refractivity contribution in [3.05, 3.63) is 48.0 Å². The SMILES string of the molecule is CC(C)(C)Oc1nccc(CCN2CCC(COc3ccccc3F)CC2)n1. The van der Waals surface area contributed by atoms with Crippen molar-refractivity contribution in [1.82, 2.24) is 14.9 Å². The summed E-state index contributed by atoms with van der Waals surface area (Å²) in [6, 6.07) is 8.98. The van der Waals surface area contributed by atoms with E-state index in [-0.39, 0.29) is 11.4 Å². The minimum atomic E-state index is -0.300. The molecule has 0 unspecified atom stereocenters. The average molecular weight is 387 g/mol. The van der Waals surface area contributed by atoms with E-state index in [1.807, 2.05) is 26.8 Å². The Hall–Kier alpha value is -2.21. The Bertz CT molecular complexity index is 755. The second kappa shape index (κ2) is 9.32. The van der Waals surface area contributed by atoms with E-state index in [2.05, 4.69) is 14.9 Å². The van der Waals surface area contributed by atoms with Crippen molar-refractivity contribution in [1.29, 1.82) is 0 Å². The van der Waals surface area contributed by atoms with Gasteiger partial charge in [-0.1, -0.05) is 12.1 Å². The minimum absolute atomic E-state index is 0.292. The molecule has 152 valence electrons. The number of likely N-dealkylation sites (tertiary alicyclic amines) is 1. The number of rotatable bonds is 7. The second-order valence-corrected chi connectivity index (χ2v) is 8.32. The van der Waals surface area contributed by atoms with Gasteiger partial charge in [0.15, 0.2) is 11.6 Å². The topological polar surface area (TPSA) is 47.5 Å². The van der Waals surface area contributed by atoms with Crippen molar-refractivity contribution in [3.8, 4) is 11.8 Å². The number of halogens is 1. The van der Waals surface area contributed by atoms with Gasteiger partial charge >= 0.3 is 6.01 Å². The number of para-hydroxylation sites is 1. The van der Waals surface area contributed by atoms with Gasteiger partial charge in [-0.15, -0.1) is 0 Å². The van der Waals surface area contributed by atoms with Gasteiger partial charge < -0.3 is 14.4 Å². The van der Waals surface area contributed by atoms with Crippen LogP contribution in [0.2, 0.25) is 0 Å². The van der Waals surface area contributed by atoms with Crippen LogP contribution in [0.1, 0.15) is 39.3 Å². The van der Waals surface area contributed by atoms with E-state index in [4.69, 9.17) is 9.47 Å². The van der Waals surface area contributed by atoms with E-state index in [0.29, 0.717) is 24.3 Å². The molecule has 1 aromatic heterocycles. The third-order valence-electron chi connectivity index (χ3n) is 4.79. The van der Waals surface area contributed by atoms with Gasteiger partial charge in [0.2, 0.25) is 0 Å². The predicted octanol–water partition coefficient (Wildman–Crippen LogP) is 4.13. The lowest BCUT2D eigenvalue weighted by molar-refractivity contribution is 0.116. The van der Waals surface area contributed by atoms with Crippen molar-refractivity contribution >= 4 is 0 Å². The third-order valence-corrected chi connectivity index (χ3v) is 4.79. The second-order valence-electron chi connectivity index (χ2n) is 8.32. The number of nitrogens with zero attached hydrogens (tertiary/aromatic N) is 3. The fourth-order valence-corrected chi connectivity index (χ4v) is 3.26. The Kier molecular flexibility index (Phi) is 6.83. The molecule has 5 nitrogen and oxygen atoms in total. The van der Waals surface area contributed by atoms with Gasteiger partial charge in [-0.25, -0.2) is 14.4 Å². The molecule has 6 heteroatoms. The number of hydrogen-bond acceptors (Lipinski definition) is 5. The normalized spacial score (nSPS) is 16.1. The highest BCUT2D eigenvalue weighted by molar-refractivity contribution is 5.23. The van der Waals surface area contributed by atoms with Crippen molar-refractivity contribution in [2.45, 2.75) is 45.6 Å². The molecule has 0 aliphatic carbocycles. The van der Waals surface area contributed by atoms with Gasteiger partial charge in [0.25, 0.3) is 0 Å². The Morgan fingerprint density at radius 2 is 1.89 bits per heavy atom. The molecule has 2 aromatic rings. The lowest BCUT2D eigenvalue weighted by Gasteiger charge is -2.31. The van der Waals surface area contributed by atoms with E-state index in [1.165, 1.54) is 6.07 Å². The van der Waals surface area contributed by atoms with E-state index in [1.54, 1.807) is 24.4 Å². The Labute approximate surface area is 166 Å². The molecule has 0 radical (unpaired) electrons. The van der Waals surface area contributed by atoms with E-state index in [9.17, 15) is 4.39 Å². The quantitative estimate of drug-likeness (QED) is 0.715. The molecule has 1 aliphatic heterocycles. The molecule has 2 heterocycles. The Balaban J connectivity index is 1.40. The molecule has 3 rings (SSSR count). The van der Waals surface area contributed by atoms with Crippen LogP contribution in [-0.2, 0) is 6.42 Å². The van der Waals surface area contributed by atoms with Gasteiger partial charge in [0.1, 0.15) is 5.60 Å². The van der Waals surface area contributed by atoms with Crippen LogP contribution in [0.4, 0.5) is 4.39 Å². The third kappa shape index (κ3) is 6.44. The summed E-state index contributed by atoms with van der Waals surface area (Å²) in [5.74, 6) is 0.531. The summed E-state index contributed by atoms with van der Waals surface area (Å²) in [6.45, 7) is 9.57. The maximum Gasteiger partial charge on any atom is 0.317 e. The number of benzene rings is 1. The van der Waals surface area contributed by atoms with Gasteiger partial charge in [0.05, 0.1) is 6.61 Å². The number of piperidine rings is 1. The number of aromatic nitrogens is 2. The van der Waals surface area contributed by atoms with Crippen LogP contribution in [-0.4, -0.2) is 46.7 Å². The molecule has 1 aromatic carbocycles. The van der Waals surface area contributed by atoms with E-state index < -0.39 is 0 Å². The molecule has 0 N–H and O–H groups in total. The molecular formula is C22H30FN3O2. The summed E-state index contributed by atoms with van der Waals surface area (Å²) in [5.41, 5.74) is 0.699. The summed E-state index contributed by atoms with van der Waals surface area (Å²) >= 11 is 0. The van der Waals surface area contributed by atoms with Gasteiger partial charge in [0, 0.05) is 24.9 Å². The van der Waals surface area contributed by atoms with Gasteiger partial charge in [-0.3, -0.25) is 0 Å². The highest BCUT2D eigenvalue weighted by Crippen LogP contribution is 2.21. The van der Waals surface area contributed by atoms with Crippen LogP contribution in [0.3, 0.4) is 0 Å². The maximum atomic E-state index is 13.6. The Morgan fingerprint density at radius 3 is 2.61 bits per heavy atom. The van der Waals surface area contributed by atoms with Crippen LogP contribution in [0.15, 0.2) is 36.5 Å². The summed E-state index contributed by atoms with van der Waals surface area (Å²) in [7, 11) is 0. The molecule has 1 aliphatic rings. The van der Waals surface area contributed by atoms with Crippen molar-refractivity contribution in [3.63, 3.8) is 0 Å². The molecule has 0 amide bonds. The number of ether oxygens (including phenoxy) is 2. The van der Waals surface area contributed by atoms with Crippen LogP contribution < -0.4 is 9.47 Å². The van der Waals surface area contributed by atoms with Crippen LogP contribution in [0, 0.1) is 11.7 Å². The predicted molar refractivity (Wildman–Crippen MR) is 107 cm³/mol. The van der Waals surface area contributed by atoms with Gasteiger partial charge in [-0.05, 0) is 70.8 Å². The summed E-state index contributed by atoms with van der Waals surface area (Å²) < 4.78 is 25.0. The maximum absolute atomic E-state index is 13.6. The van der Waals surface area contributed by atoms with E-state index >= 15 is 0 Å². The lowest BCUT2D eigenvalue weighted by Crippen LogP contribution is -2.36. The summed E-state index contributed by atoms with van der Waals surface area (Å²) in [5, 5.41) is 0. The molecule has 1 fully saturated rings. The average Bonchev–Trinajstić information content (AvgIpc) is 2.65. The highest BCUT2D eigenvalue weighted by Gasteiger charge is 2.20. The van der Waals surface area contributed by atoms with Crippen LogP contribution in [0.25, 0.3) is 0 Å². The van der Waals surface area contributed by atoms with Crippen molar-refractivity contribution in [2.24, 2.45) is 5.92 Å². The standard InChI is InChI=1S/C22H30FN3O2/c1-22(2,3)28-21-24-12-8-18(25-21)11-15-26-13-9-17(10-14-26)16-27-20-7-5-4-6-19(20)23/h4-8,12,17H,9-11,13-16H2,1-3H3. The molecule has 0 atom stereocenters. The van der Waals surface area contributed by atoms with Crippen LogP contribution >= 0.6 is 0 Å². The zero-order valence-electron chi connectivity index (χ0n) is 17.0. The molecule has 0 saturated carbocycles.